The van der Waals surface area contributed by atoms with Crippen molar-refractivity contribution in [2.24, 2.45) is 0 Å². The SMILES string of the molecule is Cc1cc2c(c3c1C(=O)/C(=C/c1c(Cl)cccc1Cl)O3)CN(Cc1ccc(F)cc1)CO2. The van der Waals surface area contributed by atoms with Crippen molar-refractivity contribution < 1.29 is 18.7 Å². The first-order valence-electron chi connectivity index (χ1n) is 10.0. The van der Waals surface area contributed by atoms with Crippen LogP contribution in [0.4, 0.5) is 4.39 Å². The van der Waals surface area contributed by atoms with Crippen LogP contribution in [-0.4, -0.2) is 17.4 Å². The molecule has 162 valence electrons. The minimum Gasteiger partial charge on any atom is -0.478 e. The lowest BCUT2D eigenvalue weighted by Crippen LogP contribution is -2.31. The standard InChI is InChI=1S/C25H18Cl2FNO3/c1-14-9-21-18(12-29(13-31-21)11-15-5-7-16(28)8-6-15)25-23(14)24(30)22(32-25)10-17-19(26)3-2-4-20(17)27/h2-10H,11-13H2,1H3/b22-10-. The Balaban J connectivity index is 1.48. The second-order valence-electron chi connectivity index (χ2n) is 7.84. The molecule has 3 aromatic rings. The molecule has 4 nitrogen and oxygen atoms in total. The average Bonchev–Trinajstić information content (AvgIpc) is 3.10. The summed E-state index contributed by atoms with van der Waals surface area (Å²) in [7, 11) is 0. The molecule has 3 aromatic carbocycles. The molecule has 0 aliphatic carbocycles. The van der Waals surface area contributed by atoms with Gasteiger partial charge in [0, 0.05) is 28.7 Å². The van der Waals surface area contributed by atoms with Gasteiger partial charge >= 0.3 is 0 Å². The van der Waals surface area contributed by atoms with E-state index in [0.717, 1.165) is 16.7 Å². The number of rotatable bonds is 3. The molecule has 5 rings (SSSR count). The Labute approximate surface area is 194 Å². The van der Waals surface area contributed by atoms with Crippen molar-refractivity contribution in [3.63, 3.8) is 0 Å². The van der Waals surface area contributed by atoms with Crippen LogP contribution in [0.2, 0.25) is 10.0 Å². The fourth-order valence-electron chi connectivity index (χ4n) is 4.00. The van der Waals surface area contributed by atoms with Gasteiger partial charge in [-0.3, -0.25) is 9.69 Å². The monoisotopic (exact) mass is 469 g/mol. The number of hydrogen-bond donors (Lipinski definition) is 0. The van der Waals surface area contributed by atoms with Crippen molar-refractivity contribution in [3.05, 3.63) is 98.0 Å². The number of carbonyl (C=O) groups excluding carboxylic acids is 1. The van der Waals surface area contributed by atoms with Crippen molar-refractivity contribution in [2.45, 2.75) is 20.0 Å². The molecule has 0 radical (unpaired) electrons. The normalized spacial score (nSPS) is 16.5. The van der Waals surface area contributed by atoms with E-state index in [1.807, 2.05) is 13.0 Å². The molecule has 2 aliphatic heterocycles. The number of nitrogens with zero attached hydrogens (tertiary/aromatic N) is 1. The third kappa shape index (κ3) is 3.77. The minimum absolute atomic E-state index is 0.169. The summed E-state index contributed by atoms with van der Waals surface area (Å²) in [6.45, 7) is 3.35. The first kappa shape index (κ1) is 21.0. The number of allylic oxidation sites excluding steroid dienone is 1. The molecule has 0 saturated carbocycles. The summed E-state index contributed by atoms with van der Waals surface area (Å²) in [6.07, 6.45) is 1.58. The summed E-state index contributed by atoms with van der Waals surface area (Å²) >= 11 is 12.5. The van der Waals surface area contributed by atoms with E-state index in [2.05, 4.69) is 4.90 Å². The third-order valence-electron chi connectivity index (χ3n) is 5.58. The maximum Gasteiger partial charge on any atom is 0.232 e. The number of halogens is 3. The van der Waals surface area contributed by atoms with Gasteiger partial charge in [0.2, 0.25) is 5.78 Å². The van der Waals surface area contributed by atoms with E-state index < -0.39 is 0 Å². The smallest absolute Gasteiger partial charge is 0.232 e. The largest absolute Gasteiger partial charge is 0.478 e. The van der Waals surface area contributed by atoms with Crippen LogP contribution in [-0.2, 0) is 13.1 Å². The van der Waals surface area contributed by atoms with Gasteiger partial charge in [0.05, 0.1) is 11.1 Å². The topological polar surface area (TPSA) is 38.8 Å². The molecule has 2 aliphatic rings. The van der Waals surface area contributed by atoms with Gasteiger partial charge in [-0.1, -0.05) is 41.4 Å². The highest BCUT2D eigenvalue weighted by Crippen LogP contribution is 2.44. The molecule has 0 fully saturated rings. The molecule has 0 saturated heterocycles. The zero-order valence-electron chi connectivity index (χ0n) is 17.1. The number of fused-ring (bicyclic) bond motifs is 3. The zero-order chi connectivity index (χ0) is 22.4. The quantitative estimate of drug-likeness (QED) is 0.415. The number of ether oxygens (including phenoxy) is 2. The van der Waals surface area contributed by atoms with Gasteiger partial charge in [-0.2, -0.15) is 0 Å². The number of Topliss-reactive ketones (excluding diaryl/α,β-unsaturated/α-hetero) is 1. The number of hydrogen-bond acceptors (Lipinski definition) is 4. The lowest BCUT2D eigenvalue weighted by atomic mass is 9.98. The molecule has 2 heterocycles. The lowest BCUT2D eigenvalue weighted by Gasteiger charge is -2.30. The van der Waals surface area contributed by atoms with Gasteiger partial charge in [0.25, 0.3) is 0 Å². The maximum absolute atomic E-state index is 13.2. The molecule has 32 heavy (non-hydrogen) atoms. The Bertz CT molecular complexity index is 1250. The van der Waals surface area contributed by atoms with Gasteiger partial charge in [0.15, 0.2) is 5.76 Å². The van der Waals surface area contributed by atoms with Crippen LogP contribution in [0.1, 0.15) is 32.6 Å². The summed E-state index contributed by atoms with van der Waals surface area (Å²) in [4.78, 5) is 15.2. The van der Waals surface area contributed by atoms with E-state index in [9.17, 15) is 9.18 Å². The Kier molecular flexibility index (Phi) is 5.41. The van der Waals surface area contributed by atoms with Crippen LogP contribution >= 0.6 is 23.2 Å². The van der Waals surface area contributed by atoms with Crippen molar-refractivity contribution in [2.75, 3.05) is 6.73 Å². The summed E-state index contributed by atoms with van der Waals surface area (Å²) in [5.74, 6) is 0.880. The van der Waals surface area contributed by atoms with Gasteiger partial charge in [0.1, 0.15) is 24.0 Å². The first-order chi connectivity index (χ1) is 15.4. The highest BCUT2D eigenvalue weighted by molar-refractivity contribution is 6.37. The number of benzene rings is 3. The Hall–Kier alpha value is -2.86. The predicted molar refractivity (Wildman–Crippen MR) is 122 cm³/mol. The molecular formula is C25H18Cl2FNO3. The van der Waals surface area contributed by atoms with E-state index in [1.165, 1.54) is 12.1 Å². The summed E-state index contributed by atoms with van der Waals surface area (Å²) in [5.41, 5.74) is 3.61. The van der Waals surface area contributed by atoms with Crippen LogP contribution < -0.4 is 9.47 Å². The van der Waals surface area contributed by atoms with E-state index in [0.29, 0.717) is 52.5 Å². The van der Waals surface area contributed by atoms with Crippen molar-refractivity contribution in [1.29, 1.82) is 0 Å². The second-order valence-corrected chi connectivity index (χ2v) is 8.65. The molecule has 0 atom stereocenters. The van der Waals surface area contributed by atoms with Crippen LogP contribution in [0.25, 0.3) is 6.08 Å². The van der Waals surface area contributed by atoms with E-state index in [-0.39, 0.29) is 17.4 Å². The highest BCUT2D eigenvalue weighted by atomic mass is 35.5. The molecule has 0 aromatic heterocycles. The summed E-state index contributed by atoms with van der Waals surface area (Å²) in [5, 5.41) is 0.870. The van der Waals surface area contributed by atoms with E-state index in [1.54, 1.807) is 36.4 Å². The Morgan fingerprint density at radius 2 is 1.84 bits per heavy atom. The lowest BCUT2D eigenvalue weighted by molar-refractivity contribution is 0.0872. The first-order valence-corrected chi connectivity index (χ1v) is 10.8. The van der Waals surface area contributed by atoms with Crippen LogP contribution in [0.15, 0.2) is 54.3 Å². The van der Waals surface area contributed by atoms with Gasteiger partial charge in [-0.15, -0.1) is 0 Å². The average molecular weight is 470 g/mol. The van der Waals surface area contributed by atoms with Gasteiger partial charge in [-0.25, -0.2) is 4.39 Å². The summed E-state index contributed by atoms with van der Waals surface area (Å²) < 4.78 is 25.2. The highest BCUT2D eigenvalue weighted by Gasteiger charge is 2.35. The molecule has 0 unspecified atom stereocenters. The fourth-order valence-corrected chi connectivity index (χ4v) is 4.51. The number of carbonyl (C=O) groups is 1. The Morgan fingerprint density at radius 1 is 1.12 bits per heavy atom. The van der Waals surface area contributed by atoms with E-state index in [4.69, 9.17) is 32.7 Å². The van der Waals surface area contributed by atoms with Crippen LogP contribution in [0.3, 0.4) is 0 Å². The third-order valence-corrected chi connectivity index (χ3v) is 6.24. The maximum atomic E-state index is 13.2. The van der Waals surface area contributed by atoms with Gasteiger partial charge < -0.3 is 9.47 Å². The van der Waals surface area contributed by atoms with Crippen molar-refractivity contribution in [1.82, 2.24) is 4.90 Å². The van der Waals surface area contributed by atoms with Crippen molar-refractivity contribution >= 4 is 35.1 Å². The van der Waals surface area contributed by atoms with Crippen LogP contribution in [0, 0.1) is 12.7 Å². The molecule has 0 N–H and O–H groups in total. The zero-order valence-corrected chi connectivity index (χ0v) is 18.6. The molecule has 0 amide bonds. The Morgan fingerprint density at radius 3 is 2.56 bits per heavy atom. The molecular weight excluding hydrogens is 452 g/mol. The van der Waals surface area contributed by atoms with E-state index >= 15 is 0 Å². The molecule has 0 spiro atoms. The van der Waals surface area contributed by atoms with Gasteiger partial charge in [-0.05, 0) is 54.5 Å². The predicted octanol–water partition coefficient (Wildman–Crippen LogP) is 6.41. The molecule has 0 bridgehead atoms. The van der Waals surface area contributed by atoms with Crippen LogP contribution in [0.5, 0.6) is 11.5 Å². The summed E-state index contributed by atoms with van der Waals surface area (Å²) in [6, 6.07) is 13.4. The number of aryl methyl sites for hydroxylation is 1. The minimum atomic E-state index is -0.271. The fraction of sp³-hybridized carbons (Fsp3) is 0.160. The van der Waals surface area contributed by atoms with Crippen molar-refractivity contribution in [3.8, 4) is 11.5 Å². The second kappa shape index (κ2) is 8.24. The molecule has 7 heteroatoms. The number of ketones is 1.